The van der Waals surface area contributed by atoms with Gasteiger partial charge in [-0.3, -0.25) is 4.79 Å². The Morgan fingerprint density at radius 2 is 2.44 bits per heavy atom. The van der Waals surface area contributed by atoms with Crippen molar-refractivity contribution in [3.8, 4) is 0 Å². The highest BCUT2D eigenvalue weighted by molar-refractivity contribution is 6.41. The number of halogens is 1. The van der Waals surface area contributed by atoms with Crippen molar-refractivity contribution in [3.63, 3.8) is 0 Å². The maximum atomic E-state index is 11.0. The number of nitrogens with zero attached hydrogens (tertiary/aromatic N) is 3. The first-order valence-electron chi connectivity index (χ1n) is 4.88. The lowest BCUT2D eigenvalue weighted by molar-refractivity contribution is -0.397. The molecule has 0 saturated carbocycles. The molecule has 0 aliphatic carbocycles. The van der Waals surface area contributed by atoms with Crippen LogP contribution >= 0.6 is 11.6 Å². The number of aliphatic hydroxyl groups is 1. The molecule has 8 nitrogen and oxygen atoms in total. The monoisotopic (exact) mass is 274 g/mol. The van der Waals surface area contributed by atoms with E-state index < -0.39 is 16.9 Å². The zero-order valence-electron chi connectivity index (χ0n) is 9.24. The van der Waals surface area contributed by atoms with Gasteiger partial charge in [0.1, 0.15) is 18.5 Å². The Bertz CT molecular complexity index is 473. The lowest BCUT2D eigenvalue weighted by Gasteiger charge is -2.10. The zero-order chi connectivity index (χ0) is 13.7. The molecule has 18 heavy (non-hydrogen) atoms. The van der Waals surface area contributed by atoms with Gasteiger partial charge in [-0.25, -0.2) is 4.57 Å². The number of aromatic nitrogens is 2. The number of rotatable bonds is 6. The maximum Gasteiger partial charge on any atom is 0.434 e. The van der Waals surface area contributed by atoms with E-state index in [2.05, 4.69) is 16.9 Å². The van der Waals surface area contributed by atoms with Crippen molar-refractivity contribution in [1.82, 2.24) is 14.9 Å². The van der Waals surface area contributed by atoms with Crippen molar-refractivity contribution >= 4 is 23.5 Å². The highest BCUT2D eigenvalue weighted by atomic mass is 35.5. The molecule has 1 heterocycles. The van der Waals surface area contributed by atoms with Gasteiger partial charge in [-0.1, -0.05) is 23.2 Å². The molecule has 2 N–H and O–H groups in total. The molecule has 1 unspecified atom stereocenters. The van der Waals surface area contributed by atoms with Crippen molar-refractivity contribution in [3.05, 3.63) is 34.1 Å². The number of carbonyl (C=O) groups is 1. The van der Waals surface area contributed by atoms with Crippen LogP contribution in [-0.2, 0) is 11.3 Å². The Labute approximate surface area is 107 Å². The molecule has 0 fully saturated rings. The van der Waals surface area contributed by atoms with Crippen LogP contribution in [0.5, 0.6) is 0 Å². The standard InChI is InChI=1S/C9H11ClN4O4/c1-6(10)8(16)12-4-7(15)5-13-3-2-11-9(13)14(17)18/h2-3,7,15H,1,4-5H2,(H,12,16). The molecule has 0 bridgehead atoms. The Hall–Kier alpha value is -1.93. The van der Waals surface area contributed by atoms with Crippen LogP contribution in [0.2, 0.25) is 0 Å². The minimum absolute atomic E-state index is 0.0641. The van der Waals surface area contributed by atoms with Gasteiger partial charge < -0.3 is 20.5 Å². The summed E-state index contributed by atoms with van der Waals surface area (Å²) in [5.74, 6) is -0.974. The van der Waals surface area contributed by atoms with Crippen LogP contribution < -0.4 is 5.32 Å². The first kappa shape index (κ1) is 14.1. The molecule has 0 aliphatic rings. The van der Waals surface area contributed by atoms with Crippen molar-refractivity contribution in [2.45, 2.75) is 12.6 Å². The summed E-state index contributed by atoms with van der Waals surface area (Å²) in [5, 5.41) is 22.3. The summed E-state index contributed by atoms with van der Waals surface area (Å²) in [7, 11) is 0. The van der Waals surface area contributed by atoms with E-state index in [0.29, 0.717) is 0 Å². The van der Waals surface area contributed by atoms with E-state index in [9.17, 15) is 20.0 Å². The Balaban J connectivity index is 2.52. The number of nitrogens with one attached hydrogen (secondary N) is 1. The highest BCUT2D eigenvalue weighted by Crippen LogP contribution is 2.08. The van der Waals surface area contributed by atoms with Gasteiger partial charge in [-0.15, -0.1) is 0 Å². The van der Waals surface area contributed by atoms with Gasteiger partial charge in [-0.2, -0.15) is 0 Å². The van der Waals surface area contributed by atoms with Crippen LogP contribution in [0.1, 0.15) is 0 Å². The number of aliphatic hydroxyl groups excluding tert-OH is 1. The van der Waals surface area contributed by atoms with Gasteiger partial charge in [0.15, 0.2) is 0 Å². The van der Waals surface area contributed by atoms with Crippen molar-refractivity contribution in [2.75, 3.05) is 6.54 Å². The fourth-order valence-corrected chi connectivity index (χ4v) is 1.28. The quantitative estimate of drug-likeness (QED) is 0.432. The minimum Gasteiger partial charge on any atom is -0.390 e. The lowest BCUT2D eigenvalue weighted by Crippen LogP contribution is -2.34. The number of nitro groups is 1. The summed E-state index contributed by atoms with van der Waals surface area (Å²) in [6, 6.07) is 0. The second-order valence-corrected chi connectivity index (χ2v) is 3.86. The summed E-state index contributed by atoms with van der Waals surface area (Å²) in [6.07, 6.45) is 1.62. The second kappa shape index (κ2) is 6.12. The van der Waals surface area contributed by atoms with Crippen LogP contribution in [0.25, 0.3) is 0 Å². The van der Waals surface area contributed by atoms with Gasteiger partial charge >= 0.3 is 5.95 Å². The molecule has 1 rings (SSSR count). The molecule has 1 amide bonds. The third-order valence-corrected chi connectivity index (χ3v) is 2.18. The van der Waals surface area contributed by atoms with E-state index in [1.807, 2.05) is 0 Å². The number of hydrogen-bond donors (Lipinski definition) is 2. The van der Waals surface area contributed by atoms with Crippen LogP contribution in [0.15, 0.2) is 24.0 Å². The third kappa shape index (κ3) is 3.82. The van der Waals surface area contributed by atoms with Gasteiger partial charge in [0, 0.05) is 6.54 Å². The summed E-state index contributed by atoms with van der Waals surface area (Å²) in [5.41, 5.74) is 0. The molecular formula is C9H11ClN4O4. The second-order valence-electron chi connectivity index (χ2n) is 3.41. The summed E-state index contributed by atoms with van der Waals surface area (Å²) >= 11 is 5.33. The highest BCUT2D eigenvalue weighted by Gasteiger charge is 2.17. The van der Waals surface area contributed by atoms with Gasteiger partial charge in [0.25, 0.3) is 5.91 Å². The largest absolute Gasteiger partial charge is 0.434 e. The minimum atomic E-state index is -1.00. The lowest BCUT2D eigenvalue weighted by atomic mass is 10.3. The number of carbonyl (C=O) groups excluding carboxylic acids is 1. The SMILES string of the molecule is C=C(Cl)C(=O)NCC(O)Cn1ccnc1[N+](=O)[O-]. The first-order valence-corrected chi connectivity index (χ1v) is 5.25. The van der Waals surface area contributed by atoms with Crippen molar-refractivity contribution in [1.29, 1.82) is 0 Å². The first-order chi connectivity index (χ1) is 8.41. The normalized spacial score (nSPS) is 11.9. The van der Waals surface area contributed by atoms with Crippen LogP contribution in [-0.4, -0.2) is 38.1 Å². The molecule has 0 aliphatic heterocycles. The average Bonchev–Trinajstić information content (AvgIpc) is 2.73. The van der Waals surface area contributed by atoms with Crippen LogP contribution in [0.3, 0.4) is 0 Å². The molecule has 9 heteroatoms. The molecule has 98 valence electrons. The molecule has 0 saturated heterocycles. The van der Waals surface area contributed by atoms with Crippen LogP contribution in [0.4, 0.5) is 5.95 Å². The van der Waals surface area contributed by atoms with Gasteiger partial charge in [0.05, 0.1) is 11.6 Å². The van der Waals surface area contributed by atoms with Gasteiger partial charge in [-0.05, 0) is 4.92 Å². The van der Waals surface area contributed by atoms with E-state index in [4.69, 9.17) is 11.6 Å². The average molecular weight is 275 g/mol. The molecule has 0 spiro atoms. The smallest absolute Gasteiger partial charge is 0.390 e. The molecule has 0 aromatic carbocycles. The third-order valence-electron chi connectivity index (χ3n) is 2.01. The predicted molar refractivity (Wildman–Crippen MR) is 62.9 cm³/mol. The molecule has 1 aromatic heterocycles. The maximum absolute atomic E-state index is 11.0. The Morgan fingerprint density at radius 1 is 1.78 bits per heavy atom. The van der Waals surface area contributed by atoms with E-state index in [1.165, 1.54) is 17.0 Å². The molecule has 1 aromatic rings. The predicted octanol–water partition coefficient (Wildman–Crippen LogP) is 0.0209. The van der Waals surface area contributed by atoms with E-state index in [0.717, 1.165) is 0 Å². The summed E-state index contributed by atoms with van der Waals surface area (Å²) in [4.78, 5) is 24.5. The number of amides is 1. The van der Waals surface area contributed by atoms with Gasteiger partial charge in [0.2, 0.25) is 0 Å². The fourth-order valence-electron chi connectivity index (χ4n) is 1.21. The van der Waals surface area contributed by atoms with E-state index in [-0.39, 0.29) is 24.1 Å². The summed E-state index contributed by atoms with van der Waals surface area (Å²) < 4.78 is 1.17. The molecule has 1 atom stereocenters. The number of imidazole rings is 1. The van der Waals surface area contributed by atoms with E-state index in [1.54, 1.807) is 0 Å². The Kier molecular flexibility index (Phi) is 4.81. The van der Waals surface area contributed by atoms with E-state index >= 15 is 0 Å². The van der Waals surface area contributed by atoms with Crippen LogP contribution in [0, 0.1) is 10.1 Å². The number of hydrogen-bond acceptors (Lipinski definition) is 5. The summed E-state index contributed by atoms with van der Waals surface area (Å²) in [6.45, 7) is 3.05. The zero-order valence-corrected chi connectivity index (χ0v) is 10.0. The Morgan fingerprint density at radius 3 is 3.00 bits per heavy atom. The fraction of sp³-hybridized carbons (Fsp3) is 0.333. The molecule has 0 radical (unpaired) electrons. The van der Waals surface area contributed by atoms with Crippen molar-refractivity contribution in [2.24, 2.45) is 0 Å². The molecular weight excluding hydrogens is 264 g/mol. The van der Waals surface area contributed by atoms with Crippen molar-refractivity contribution < 1.29 is 14.8 Å². The topological polar surface area (TPSA) is 110 Å².